The lowest BCUT2D eigenvalue weighted by Gasteiger charge is -2.40. The Bertz CT molecular complexity index is 1390. The van der Waals surface area contributed by atoms with Gasteiger partial charge in [0.05, 0.1) is 36.3 Å². The molecule has 2 aliphatic heterocycles. The molecule has 38 heavy (non-hydrogen) atoms. The number of amides is 1. The van der Waals surface area contributed by atoms with E-state index in [4.69, 9.17) is 9.57 Å². The van der Waals surface area contributed by atoms with Gasteiger partial charge in [0.2, 0.25) is 5.91 Å². The molecule has 6 rings (SSSR count). The van der Waals surface area contributed by atoms with Crippen LogP contribution in [0, 0.1) is 6.92 Å². The van der Waals surface area contributed by atoms with E-state index >= 15 is 0 Å². The van der Waals surface area contributed by atoms with Gasteiger partial charge in [0.25, 0.3) is 0 Å². The number of ether oxygens (including phenoxy) is 1. The Morgan fingerprint density at radius 1 is 1.24 bits per heavy atom. The Balaban J connectivity index is 1.17. The molecule has 3 heterocycles. The third-order valence-corrected chi connectivity index (χ3v) is 7.81. The highest BCUT2D eigenvalue weighted by molar-refractivity contribution is 6.03. The average molecular weight is 512 g/mol. The van der Waals surface area contributed by atoms with E-state index in [1.54, 1.807) is 13.4 Å². The number of carbonyl (C=O) groups is 1. The lowest BCUT2D eigenvalue weighted by molar-refractivity contribution is -0.124. The van der Waals surface area contributed by atoms with Crippen LogP contribution < -0.4 is 10.1 Å². The number of oxime groups is 1. The second-order valence-corrected chi connectivity index (χ2v) is 10.3. The van der Waals surface area contributed by atoms with E-state index in [1.165, 1.54) is 0 Å². The Kier molecular flexibility index (Phi) is 6.39. The zero-order valence-electron chi connectivity index (χ0n) is 21.9. The fourth-order valence-corrected chi connectivity index (χ4v) is 5.55. The van der Waals surface area contributed by atoms with Gasteiger partial charge in [-0.1, -0.05) is 41.6 Å². The van der Waals surface area contributed by atoms with E-state index in [-0.39, 0.29) is 17.4 Å². The first kappa shape index (κ1) is 24.3. The third kappa shape index (κ3) is 4.55. The molecule has 0 spiro atoms. The summed E-state index contributed by atoms with van der Waals surface area (Å²) < 4.78 is 7.67. The zero-order valence-corrected chi connectivity index (χ0v) is 21.9. The first-order valence-corrected chi connectivity index (χ1v) is 13.3. The Labute approximate surface area is 222 Å². The van der Waals surface area contributed by atoms with Crippen LogP contribution in [0.15, 0.2) is 71.8 Å². The molecular weight excluding hydrogens is 478 g/mol. The van der Waals surface area contributed by atoms with Crippen molar-refractivity contribution in [2.75, 3.05) is 26.8 Å². The van der Waals surface area contributed by atoms with Crippen LogP contribution in [0.5, 0.6) is 5.75 Å². The van der Waals surface area contributed by atoms with Crippen LogP contribution in [0.3, 0.4) is 0 Å². The number of aromatic nitrogens is 2. The Hall–Kier alpha value is -4.07. The number of hydrogen-bond donors (Lipinski definition) is 1. The number of benzene rings is 2. The summed E-state index contributed by atoms with van der Waals surface area (Å²) in [6.45, 7) is 3.86. The van der Waals surface area contributed by atoms with Gasteiger partial charge in [-0.15, -0.1) is 0 Å². The highest BCUT2D eigenvalue weighted by atomic mass is 16.6. The van der Waals surface area contributed by atoms with Crippen molar-refractivity contribution in [1.82, 2.24) is 19.8 Å². The fraction of sp³-hybridized carbons (Fsp3) is 0.367. The number of piperidine rings is 1. The van der Waals surface area contributed by atoms with Gasteiger partial charge in [0.15, 0.2) is 5.84 Å². The molecule has 8 nitrogen and oxygen atoms in total. The number of methoxy groups -OCH3 is 1. The second-order valence-electron chi connectivity index (χ2n) is 10.3. The van der Waals surface area contributed by atoms with Crippen molar-refractivity contribution in [2.45, 2.75) is 44.1 Å². The van der Waals surface area contributed by atoms with Crippen LogP contribution >= 0.6 is 0 Å². The third-order valence-electron chi connectivity index (χ3n) is 7.81. The first-order valence-electron chi connectivity index (χ1n) is 13.3. The Morgan fingerprint density at radius 3 is 2.82 bits per heavy atom. The molecule has 0 bridgehead atoms. The molecule has 3 aliphatic rings. The summed E-state index contributed by atoms with van der Waals surface area (Å²) in [5, 5.41) is 7.67. The molecule has 0 unspecified atom stereocenters. The SMILES string of the molecule is COc1cc(/C=C2\CCCN3C2=NOC[C@@H]3CNC(=O)C2(c3ccccc3)CC2)ccc1-n1cnc(C)c1. The van der Waals surface area contributed by atoms with Crippen LogP contribution in [-0.4, -0.2) is 59.0 Å². The molecule has 1 saturated heterocycles. The smallest absolute Gasteiger partial charge is 0.230 e. The number of hydrogen-bond acceptors (Lipinski definition) is 6. The van der Waals surface area contributed by atoms with E-state index in [9.17, 15) is 4.79 Å². The van der Waals surface area contributed by atoms with Gasteiger partial charge in [-0.3, -0.25) is 4.79 Å². The standard InChI is InChI=1S/C30H33N5O3/c1-21-18-34(20-32-21)26-11-10-22(16-27(26)37-2)15-23-7-6-14-35-25(19-38-33-28(23)35)17-31-29(36)30(12-13-30)24-8-4-3-5-9-24/h3-5,8-11,15-16,18,20,25H,6-7,12-14,17,19H2,1-2H3,(H,31,36)/b23-15+/t25-/m0/s1. The van der Waals surface area contributed by atoms with E-state index < -0.39 is 0 Å². The summed E-state index contributed by atoms with van der Waals surface area (Å²) in [6, 6.07) is 16.3. The van der Waals surface area contributed by atoms with Gasteiger partial charge in [0, 0.05) is 19.3 Å². The van der Waals surface area contributed by atoms with Crippen molar-refractivity contribution in [2.24, 2.45) is 5.16 Å². The molecule has 3 aromatic rings. The number of aryl methyl sites for hydroxylation is 1. The predicted molar refractivity (Wildman–Crippen MR) is 146 cm³/mol. The van der Waals surface area contributed by atoms with Crippen molar-refractivity contribution in [1.29, 1.82) is 0 Å². The topological polar surface area (TPSA) is 81.0 Å². The maximum absolute atomic E-state index is 13.2. The average Bonchev–Trinajstić information content (AvgIpc) is 3.66. The maximum Gasteiger partial charge on any atom is 0.230 e. The largest absolute Gasteiger partial charge is 0.495 e. The van der Waals surface area contributed by atoms with Crippen molar-refractivity contribution in [3.63, 3.8) is 0 Å². The summed E-state index contributed by atoms with van der Waals surface area (Å²) in [5.74, 6) is 1.75. The molecule has 1 aliphatic carbocycles. The predicted octanol–water partition coefficient (Wildman–Crippen LogP) is 4.23. The van der Waals surface area contributed by atoms with E-state index in [1.807, 2.05) is 48.0 Å². The minimum atomic E-state index is -0.374. The van der Waals surface area contributed by atoms with Gasteiger partial charge in [-0.05, 0) is 67.5 Å². The van der Waals surface area contributed by atoms with Gasteiger partial charge in [-0.25, -0.2) is 4.98 Å². The number of carbonyl (C=O) groups excluding carboxylic acids is 1. The summed E-state index contributed by atoms with van der Waals surface area (Å²) in [6.07, 6.45) is 9.67. The lowest BCUT2D eigenvalue weighted by Crippen LogP contribution is -2.54. The summed E-state index contributed by atoms with van der Waals surface area (Å²) in [5.41, 5.74) is 4.79. The van der Waals surface area contributed by atoms with Gasteiger partial charge >= 0.3 is 0 Å². The number of amidine groups is 1. The minimum absolute atomic E-state index is 0.0446. The van der Waals surface area contributed by atoms with Crippen LogP contribution in [0.2, 0.25) is 0 Å². The monoisotopic (exact) mass is 511 g/mol. The van der Waals surface area contributed by atoms with Crippen molar-refractivity contribution < 1.29 is 14.4 Å². The molecule has 1 N–H and O–H groups in total. The number of rotatable bonds is 7. The molecule has 1 saturated carbocycles. The molecule has 0 radical (unpaired) electrons. The number of imidazole rings is 1. The number of nitrogens with zero attached hydrogens (tertiary/aromatic N) is 4. The van der Waals surface area contributed by atoms with Crippen molar-refractivity contribution in [3.8, 4) is 11.4 Å². The first-order chi connectivity index (χ1) is 18.6. The molecule has 1 amide bonds. The maximum atomic E-state index is 13.2. The molecular formula is C30H33N5O3. The zero-order chi connectivity index (χ0) is 26.1. The number of fused-ring (bicyclic) bond motifs is 1. The highest BCUT2D eigenvalue weighted by Crippen LogP contribution is 2.48. The highest BCUT2D eigenvalue weighted by Gasteiger charge is 2.51. The van der Waals surface area contributed by atoms with E-state index in [2.05, 4.69) is 44.6 Å². The second kappa shape index (κ2) is 10.0. The number of nitrogens with one attached hydrogen (secondary N) is 1. The molecule has 1 atom stereocenters. The normalized spacial score (nSPS) is 20.8. The van der Waals surface area contributed by atoms with E-state index in [0.29, 0.717) is 13.2 Å². The Morgan fingerprint density at radius 2 is 2.08 bits per heavy atom. The minimum Gasteiger partial charge on any atom is -0.495 e. The van der Waals surface area contributed by atoms with Gasteiger partial charge in [0.1, 0.15) is 12.4 Å². The summed E-state index contributed by atoms with van der Waals surface area (Å²) in [4.78, 5) is 25.5. The fourth-order valence-electron chi connectivity index (χ4n) is 5.55. The van der Waals surface area contributed by atoms with Gasteiger partial charge in [-0.2, -0.15) is 0 Å². The van der Waals surface area contributed by atoms with Gasteiger partial charge < -0.3 is 24.4 Å². The molecule has 1 aromatic heterocycles. The molecule has 196 valence electrons. The molecule has 2 fully saturated rings. The van der Waals surface area contributed by atoms with Crippen LogP contribution in [0.25, 0.3) is 11.8 Å². The molecule has 2 aromatic carbocycles. The van der Waals surface area contributed by atoms with Crippen molar-refractivity contribution >= 4 is 17.8 Å². The lowest BCUT2D eigenvalue weighted by atomic mass is 9.95. The summed E-state index contributed by atoms with van der Waals surface area (Å²) in [7, 11) is 1.68. The molecule has 8 heteroatoms. The van der Waals surface area contributed by atoms with Crippen LogP contribution in [0.4, 0.5) is 0 Å². The van der Waals surface area contributed by atoms with Crippen LogP contribution in [0.1, 0.15) is 42.5 Å². The summed E-state index contributed by atoms with van der Waals surface area (Å²) >= 11 is 0. The van der Waals surface area contributed by atoms with Crippen molar-refractivity contribution in [3.05, 3.63) is 83.4 Å². The van der Waals surface area contributed by atoms with Crippen LogP contribution in [-0.2, 0) is 15.0 Å². The van der Waals surface area contributed by atoms with E-state index in [0.717, 1.165) is 71.9 Å². The quantitative estimate of drug-likeness (QED) is 0.514.